The highest BCUT2D eigenvalue weighted by Gasteiger charge is 2.42. The minimum absolute atomic E-state index is 0.00829. The van der Waals surface area contributed by atoms with Gasteiger partial charge in [-0.25, -0.2) is 0 Å². The molecule has 2 rings (SSSR count). The molecule has 102 valence electrons. The van der Waals surface area contributed by atoms with Crippen LogP contribution in [0.4, 0.5) is 0 Å². The van der Waals surface area contributed by atoms with Crippen molar-refractivity contribution >= 4 is 11.8 Å². The third kappa shape index (κ3) is 2.55. The molecule has 0 aromatic heterocycles. The highest BCUT2D eigenvalue weighted by molar-refractivity contribution is 6.02. The average Bonchev–Trinajstić information content (AvgIpc) is 2.36. The lowest BCUT2D eigenvalue weighted by Gasteiger charge is -2.37. The Hall–Kier alpha value is -1.64. The second kappa shape index (κ2) is 5.16. The molecule has 1 aromatic rings. The Bertz CT molecular complexity index is 502. The molecule has 0 unspecified atom stereocenters. The van der Waals surface area contributed by atoms with Crippen molar-refractivity contribution in [2.24, 2.45) is 11.3 Å². The zero-order valence-corrected chi connectivity index (χ0v) is 11.7. The zero-order chi connectivity index (χ0) is 14.0. The predicted molar refractivity (Wildman–Crippen MR) is 73.0 cm³/mol. The molecule has 0 saturated carbocycles. The molecule has 0 radical (unpaired) electrons. The summed E-state index contributed by atoms with van der Waals surface area (Å²) in [5.41, 5.74) is 1.33. The van der Waals surface area contributed by atoms with Gasteiger partial charge in [0, 0.05) is 17.4 Å². The van der Waals surface area contributed by atoms with Gasteiger partial charge in [0.05, 0.1) is 6.61 Å². The number of hydrogen-bond acceptors (Lipinski definition) is 3. The van der Waals surface area contributed by atoms with Crippen molar-refractivity contribution in [3.8, 4) is 0 Å². The van der Waals surface area contributed by atoms with Crippen LogP contribution in [0.3, 0.4) is 0 Å². The largest absolute Gasteiger partial charge is 0.466 e. The van der Waals surface area contributed by atoms with Crippen LogP contribution in [0.1, 0.15) is 43.1 Å². The monoisotopic (exact) mass is 260 g/mol. The van der Waals surface area contributed by atoms with Crippen molar-refractivity contribution in [1.29, 1.82) is 0 Å². The molecule has 1 atom stereocenters. The molecule has 19 heavy (non-hydrogen) atoms. The van der Waals surface area contributed by atoms with E-state index in [9.17, 15) is 9.59 Å². The number of rotatable bonds is 3. The summed E-state index contributed by atoms with van der Waals surface area (Å²) in [4.78, 5) is 24.2. The number of benzene rings is 1. The Kier molecular flexibility index (Phi) is 3.74. The number of ether oxygens (including phenoxy) is 1. The number of Topliss-reactive ketones (excluding diaryl/α,β-unsaturated/α-hetero) is 1. The van der Waals surface area contributed by atoms with Crippen LogP contribution in [-0.2, 0) is 16.0 Å². The van der Waals surface area contributed by atoms with Crippen LogP contribution < -0.4 is 0 Å². The number of fused-ring (bicyclic) bond motifs is 1. The fourth-order valence-corrected chi connectivity index (χ4v) is 2.72. The lowest BCUT2D eigenvalue weighted by molar-refractivity contribution is -0.145. The van der Waals surface area contributed by atoms with Crippen LogP contribution in [-0.4, -0.2) is 18.4 Å². The molecule has 1 aromatic carbocycles. The first-order valence-electron chi connectivity index (χ1n) is 6.75. The smallest absolute Gasteiger partial charge is 0.306 e. The van der Waals surface area contributed by atoms with Crippen molar-refractivity contribution in [3.63, 3.8) is 0 Å². The SMILES string of the molecule is CCOC(=O)C[C@H]1Cc2ccccc2C(=O)C1(C)C. The van der Waals surface area contributed by atoms with Crippen molar-refractivity contribution in [1.82, 2.24) is 0 Å². The standard InChI is InChI=1S/C16H20O3/c1-4-19-14(17)10-12-9-11-7-5-6-8-13(11)15(18)16(12,2)3/h5-8,12H,4,9-10H2,1-3H3/t12-/m1/s1. The van der Waals surface area contributed by atoms with Gasteiger partial charge in [0.1, 0.15) is 0 Å². The molecular formula is C16H20O3. The van der Waals surface area contributed by atoms with Gasteiger partial charge in [-0.3, -0.25) is 9.59 Å². The lowest BCUT2D eigenvalue weighted by atomic mass is 9.65. The van der Waals surface area contributed by atoms with E-state index in [1.54, 1.807) is 6.92 Å². The minimum atomic E-state index is -0.513. The van der Waals surface area contributed by atoms with Crippen LogP contribution in [0.2, 0.25) is 0 Å². The normalized spacial score (nSPS) is 20.8. The van der Waals surface area contributed by atoms with Gasteiger partial charge in [-0.15, -0.1) is 0 Å². The van der Waals surface area contributed by atoms with Crippen molar-refractivity contribution in [3.05, 3.63) is 35.4 Å². The summed E-state index contributed by atoms with van der Waals surface area (Å²) < 4.78 is 5.01. The van der Waals surface area contributed by atoms with Crippen LogP contribution in [0.25, 0.3) is 0 Å². The Balaban J connectivity index is 2.27. The van der Waals surface area contributed by atoms with Crippen molar-refractivity contribution < 1.29 is 14.3 Å². The highest BCUT2D eigenvalue weighted by Crippen LogP contribution is 2.41. The summed E-state index contributed by atoms with van der Waals surface area (Å²) in [6.07, 6.45) is 1.06. The van der Waals surface area contributed by atoms with Crippen LogP contribution in [0, 0.1) is 11.3 Å². The van der Waals surface area contributed by atoms with Gasteiger partial charge < -0.3 is 4.74 Å². The number of hydrogen-bond donors (Lipinski definition) is 0. The summed E-state index contributed by atoms with van der Waals surface area (Å²) in [5.74, 6) is -0.0784. The fourth-order valence-electron chi connectivity index (χ4n) is 2.72. The van der Waals surface area contributed by atoms with Gasteiger partial charge in [-0.2, -0.15) is 0 Å². The van der Waals surface area contributed by atoms with Crippen molar-refractivity contribution in [2.45, 2.75) is 33.6 Å². The van der Waals surface area contributed by atoms with E-state index in [0.29, 0.717) is 13.0 Å². The van der Waals surface area contributed by atoms with Crippen molar-refractivity contribution in [2.75, 3.05) is 6.61 Å². The molecule has 0 heterocycles. The van der Waals surface area contributed by atoms with E-state index < -0.39 is 5.41 Å². The van der Waals surface area contributed by atoms with Gasteiger partial charge >= 0.3 is 5.97 Å². The lowest BCUT2D eigenvalue weighted by Crippen LogP contribution is -2.40. The zero-order valence-electron chi connectivity index (χ0n) is 11.7. The van der Waals surface area contributed by atoms with E-state index in [4.69, 9.17) is 4.74 Å². The minimum Gasteiger partial charge on any atom is -0.466 e. The molecule has 0 N–H and O–H groups in total. The van der Waals surface area contributed by atoms with Crippen LogP contribution in [0.5, 0.6) is 0 Å². The molecule has 0 aliphatic heterocycles. The summed E-state index contributed by atoms with van der Waals surface area (Å²) in [7, 11) is 0. The Morgan fingerprint density at radius 2 is 2.05 bits per heavy atom. The first-order valence-corrected chi connectivity index (χ1v) is 6.75. The molecule has 3 nitrogen and oxygen atoms in total. The third-order valence-electron chi connectivity index (χ3n) is 4.05. The molecule has 1 aliphatic carbocycles. The van der Waals surface area contributed by atoms with Gasteiger partial charge in [0.2, 0.25) is 0 Å². The number of esters is 1. The third-order valence-corrected chi connectivity index (χ3v) is 4.05. The molecule has 0 bridgehead atoms. The van der Waals surface area contributed by atoms with E-state index in [1.165, 1.54) is 0 Å². The number of carbonyl (C=O) groups excluding carboxylic acids is 2. The maximum absolute atomic E-state index is 12.5. The Labute approximate surface area is 114 Å². The molecule has 0 saturated heterocycles. The van der Waals surface area contributed by atoms with Gasteiger partial charge in [-0.05, 0) is 24.8 Å². The van der Waals surface area contributed by atoms with E-state index in [1.807, 2.05) is 38.1 Å². The molecule has 0 amide bonds. The molecule has 1 aliphatic rings. The van der Waals surface area contributed by atoms with Crippen LogP contribution in [0.15, 0.2) is 24.3 Å². The topological polar surface area (TPSA) is 43.4 Å². The molecule has 0 spiro atoms. The number of ketones is 1. The first kappa shape index (κ1) is 13.8. The van der Waals surface area contributed by atoms with Crippen LogP contribution >= 0.6 is 0 Å². The van der Waals surface area contributed by atoms with E-state index in [-0.39, 0.29) is 17.7 Å². The van der Waals surface area contributed by atoms with Gasteiger partial charge in [0.15, 0.2) is 5.78 Å². The molecule has 0 fully saturated rings. The fraction of sp³-hybridized carbons (Fsp3) is 0.500. The summed E-state index contributed by atoms with van der Waals surface area (Å²) in [6.45, 7) is 6.03. The quantitative estimate of drug-likeness (QED) is 0.785. The van der Waals surface area contributed by atoms with Gasteiger partial charge in [0.25, 0.3) is 0 Å². The molecule has 3 heteroatoms. The average molecular weight is 260 g/mol. The summed E-state index contributed by atoms with van der Waals surface area (Å²) in [5, 5.41) is 0. The maximum Gasteiger partial charge on any atom is 0.306 e. The molecular weight excluding hydrogens is 240 g/mol. The van der Waals surface area contributed by atoms with E-state index in [2.05, 4.69) is 0 Å². The predicted octanol–water partition coefficient (Wildman–Crippen LogP) is 3.02. The highest BCUT2D eigenvalue weighted by atomic mass is 16.5. The Morgan fingerprint density at radius 1 is 1.37 bits per heavy atom. The maximum atomic E-state index is 12.5. The van der Waals surface area contributed by atoms with E-state index >= 15 is 0 Å². The second-order valence-corrected chi connectivity index (χ2v) is 5.62. The number of carbonyl (C=O) groups is 2. The first-order chi connectivity index (χ1) is 8.96. The summed E-state index contributed by atoms with van der Waals surface area (Å²) >= 11 is 0. The Morgan fingerprint density at radius 3 is 2.74 bits per heavy atom. The second-order valence-electron chi connectivity index (χ2n) is 5.62. The van der Waals surface area contributed by atoms with Gasteiger partial charge in [-0.1, -0.05) is 38.1 Å². The summed E-state index contributed by atoms with van der Waals surface area (Å²) in [6, 6.07) is 7.67. The van der Waals surface area contributed by atoms with E-state index in [0.717, 1.165) is 17.5 Å².